The third-order valence-electron chi connectivity index (χ3n) is 3.94. The standard InChI is InChI=1S/C19H31ClN2O4/c1-4-21-10-11-22(15-19(24-2)25-3)18(23)9-13-26-12-8-16-6-5-7-17(20)14-16/h5-7,14,19,21H,4,8-13,15H2,1-3H3. The summed E-state index contributed by atoms with van der Waals surface area (Å²) in [6, 6.07) is 7.71. The van der Waals surface area contributed by atoms with Crippen LogP contribution in [0.4, 0.5) is 0 Å². The van der Waals surface area contributed by atoms with Gasteiger partial charge < -0.3 is 24.4 Å². The van der Waals surface area contributed by atoms with Crippen LogP contribution in [-0.2, 0) is 25.4 Å². The molecule has 1 N–H and O–H groups in total. The van der Waals surface area contributed by atoms with Gasteiger partial charge in [0.1, 0.15) is 0 Å². The molecule has 1 aromatic carbocycles. The molecule has 0 aliphatic rings. The average molecular weight is 387 g/mol. The maximum Gasteiger partial charge on any atom is 0.225 e. The van der Waals surface area contributed by atoms with Gasteiger partial charge in [-0.15, -0.1) is 0 Å². The molecule has 148 valence electrons. The first kappa shape index (κ1) is 22.9. The van der Waals surface area contributed by atoms with Crippen molar-refractivity contribution < 1.29 is 19.0 Å². The second kappa shape index (κ2) is 13.9. The first-order valence-electron chi connectivity index (χ1n) is 8.97. The van der Waals surface area contributed by atoms with E-state index in [-0.39, 0.29) is 5.91 Å². The Morgan fingerprint density at radius 1 is 1.27 bits per heavy atom. The van der Waals surface area contributed by atoms with Crippen molar-refractivity contribution in [3.8, 4) is 0 Å². The molecule has 0 bridgehead atoms. The van der Waals surface area contributed by atoms with Gasteiger partial charge in [-0.05, 0) is 30.7 Å². The van der Waals surface area contributed by atoms with Crippen molar-refractivity contribution in [2.24, 2.45) is 0 Å². The Morgan fingerprint density at radius 3 is 2.69 bits per heavy atom. The molecular weight excluding hydrogens is 356 g/mol. The zero-order valence-corrected chi connectivity index (χ0v) is 16.8. The molecule has 0 aromatic heterocycles. The average Bonchev–Trinajstić information content (AvgIpc) is 2.64. The third kappa shape index (κ3) is 9.50. The van der Waals surface area contributed by atoms with Crippen LogP contribution in [0.1, 0.15) is 18.9 Å². The summed E-state index contributed by atoms with van der Waals surface area (Å²) in [4.78, 5) is 14.2. The predicted octanol–water partition coefficient (Wildman–Crippen LogP) is 2.35. The number of hydrogen-bond donors (Lipinski definition) is 1. The van der Waals surface area contributed by atoms with Crippen LogP contribution in [0.3, 0.4) is 0 Å². The van der Waals surface area contributed by atoms with Gasteiger partial charge in [0.15, 0.2) is 6.29 Å². The number of nitrogens with one attached hydrogen (secondary N) is 1. The number of hydrogen-bond acceptors (Lipinski definition) is 5. The summed E-state index contributed by atoms with van der Waals surface area (Å²) in [5.41, 5.74) is 1.12. The van der Waals surface area contributed by atoms with Gasteiger partial charge in [0.05, 0.1) is 26.2 Å². The van der Waals surface area contributed by atoms with Crippen molar-refractivity contribution in [2.45, 2.75) is 26.1 Å². The molecule has 26 heavy (non-hydrogen) atoms. The van der Waals surface area contributed by atoms with E-state index in [0.29, 0.717) is 32.7 Å². The van der Waals surface area contributed by atoms with Gasteiger partial charge in [-0.2, -0.15) is 0 Å². The summed E-state index contributed by atoms with van der Waals surface area (Å²) in [6.45, 7) is 5.60. The minimum atomic E-state index is -0.427. The van der Waals surface area contributed by atoms with Crippen LogP contribution in [0.15, 0.2) is 24.3 Å². The number of methoxy groups -OCH3 is 2. The van der Waals surface area contributed by atoms with E-state index in [2.05, 4.69) is 5.32 Å². The molecule has 0 radical (unpaired) electrons. The quantitative estimate of drug-likeness (QED) is 0.393. The highest BCUT2D eigenvalue weighted by molar-refractivity contribution is 6.30. The predicted molar refractivity (Wildman–Crippen MR) is 104 cm³/mol. The van der Waals surface area contributed by atoms with Crippen molar-refractivity contribution >= 4 is 17.5 Å². The van der Waals surface area contributed by atoms with Crippen LogP contribution in [0.5, 0.6) is 0 Å². The summed E-state index contributed by atoms with van der Waals surface area (Å²) < 4.78 is 16.0. The first-order valence-corrected chi connectivity index (χ1v) is 9.34. The minimum Gasteiger partial charge on any atom is -0.381 e. The topological polar surface area (TPSA) is 60.0 Å². The maximum absolute atomic E-state index is 12.5. The van der Waals surface area contributed by atoms with E-state index in [0.717, 1.165) is 30.1 Å². The van der Waals surface area contributed by atoms with E-state index in [1.807, 2.05) is 31.2 Å². The molecule has 0 saturated heterocycles. The Kier molecular flexibility index (Phi) is 12.3. The number of likely N-dealkylation sites (N-methyl/N-ethyl adjacent to an activating group) is 1. The number of ether oxygens (including phenoxy) is 3. The molecule has 0 aliphatic carbocycles. The van der Waals surface area contributed by atoms with Crippen LogP contribution in [0, 0.1) is 0 Å². The largest absolute Gasteiger partial charge is 0.381 e. The highest BCUT2D eigenvalue weighted by atomic mass is 35.5. The lowest BCUT2D eigenvalue weighted by molar-refractivity contribution is -0.146. The summed E-state index contributed by atoms with van der Waals surface area (Å²) >= 11 is 5.96. The lowest BCUT2D eigenvalue weighted by Crippen LogP contribution is -2.42. The van der Waals surface area contributed by atoms with Gasteiger partial charge in [0.25, 0.3) is 0 Å². The summed E-state index contributed by atoms with van der Waals surface area (Å²) in [5, 5.41) is 3.95. The normalized spacial score (nSPS) is 11.1. The molecule has 0 heterocycles. The molecule has 0 saturated carbocycles. The number of carbonyl (C=O) groups is 1. The Morgan fingerprint density at radius 2 is 2.04 bits per heavy atom. The van der Waals surface area contributed by atoms with E-state index < -0.39 is 6.29 Å². The fourth-order valence-corrected chi connectivity index (χ4v) is 2.65. The summed E-state index contributed by atoms with van der Waals surface area (Å²) in [7, 11) is 3.14. The molecule has 0 unspecified atom stereocenters. The van der Waals surface area contributed by atoms with Gasteiger partial charge in [-0.3, -0.25) is 4.79 Å². The van der Waals surface area contributed by atoms with Crippen LogP contribution in [0.2, 0.25) is 5.02 Å². The summed E-state index contributed by atoms with van der Waals surface area (Å²) in [5.74, 6) is 0.0322. The lowest BCUT2D eigenvalue weighted by atomic mass is 10.2. The van der Waals surface area contributed by atoms with Gasteiger partial charge in [0.2, 0.25) is 5.91 Å². The number of amides is 1. The Labute approximate surface area is 161 Å². The Hall–Kier alpha value is -1.18. The first-order chi connectivity index (χ1) is 12.6. The zero-order chi connectivity index (χ0) is 19.2. The van der Waals surface area contributed by atoms with Crippen LogP contribution >= 0.6 is 11.6 Å². The monoisotopic (exact) mass is 386 g/mol. The van der Waals surface area contributed by atoms with Crippen LogP contribution in [-0.4, -0.2) is 70.7 Å². The van der Waals surface area contributed by atoms with Crippen molar-refractivity contribution in [2.75, 3.05) is 53.6 Å². The van der Waals surface area contributed by atoms with Crippen LogP contribution < -0.4 is 5.32 Å². The second-order valence-corrected chi connectivity index (χ2v) is 6.27. The van der Waals surface area contributed by atoms with Crippen molar-refractivity contribution in [3.63, 3.8) is 0 Å². The van der Waals surface area contributed by atoms with Crippen molar-refractivity contribution in [1.82, 2.24) is 10.2 Å². The SMILES string of the molecule is CCNCCN(CC(OC)OC)C(=O)CCOCCc1cccc(Cl)c1. The number of benzene rings is 1. The molecule has 0 fully saturated rings. The number of rotatable bonds is 14. The fraction of sp³-hybridized carbons (Fsp3) is 0.632. The van der Waals surface area contributed by atoms with E-state index >= 15 is 0 Å². The van der Waals surface area contributed by atoms with Crippen molar-refractivity contribution in [3.05, 3.63) is 34.9 Å². The molecule has 0 atom stereocenters. The molecule has 1 amide bonds. The molecule has 0 aliphatic heterocycles. The highest BCUT2D eigenvalue weighted by Crippen LogP contribution is 2.11. The van der Waals surface area contributed by atoms with Crippen molar-refractivity contribution in [1.29, 1.82) is 0 Å². The number of nitrogens with zero attached hydrogens (tertiary/aromatic N) is 1. The second-order valence-electron chi connectivity index (χ2n) is 5.84. The molecular formula is C19H31ClN2O4. The fourth-order valence-electron chi connectivity index (χ4n) is 2.44. The molecule has 7 heteroatoms. The van der Waals surface area contributed by atoms with E-state index in [1.165, 1.54) is 0 Å². The van der Waals surface area contributed by atoms with Gasteiger partial charge in [-0.25, -0.2) is 0 Å². The summed E-state index contributed by atoms with van der Waals surface area (Å²) in [6.07, 6.45) is 0.681. The van der Waals surface area contributed by atoms with E-state index in [9.17, 15) is 4.79 Å². The minimum absolute atomic E-state index is 0.0322. The van der Waals surface area contributed by atoms with Gasteiger partial charge >= 0.3 is 0 Å². The smallest absolute Gasteiger partial charge is 0.225 e. The van der Waals surface area contributed by atoms with E-state index in [4.69, 9.17) is 25.8 Å². The molecule has 1 aromatic rings. The van der Waals surface area contributed by atoms with E-state index in [1.54, 1.807) is 19.1 Å². The Bertz CT molecular complexity index is 512. The number of carbonyl (C=O) groups excluding carboxylic acids is 1. The lowest BCUT2D eigenvalue weighted by Gasteiger charge is -2.26. The molecule has 1 rings (SSSR count). The van der Waals surface area contributed by atoms with Gasteiger partial charge in [-0.1, -0.05) is 30.7 Å². The molecule has 6 nitrogen and oxygen atoms in total. The molecule has 0 spiro atoms. The maximum atomic E-state index is 12.5. The van der Waals surface area contributed by atoms with Gasteiger partial charge in [0, 0.05) is 32.3 Å². The Balaban J connectivity index is 2.34. The number of halogens is 1. The highest BCUT2D eigenvalue weighted by Gasteiger charge is 2.18. The van der Waals surface area contributed by atoms with Crippen LogP contribution in [0.25, 0.3) is 0 Å². The third-order valence-corrected chi connectivity index (χ3v) is 4.18. The zero-order valence-electron chi connectivity index (χ0n) is 16.0.